The first-order valence-corrected chi connectivity index (χ1v) is 6.00. The standard InChI is InChI=1S/C12H18N2O3/c1-9(12(16)17)4-5-13-6-7-14-10(8-13)2-3-11(14)15/h4,10H,2-3,5-8H2,1H3,(H,16,17). The monoisotopic (exact) mass is 238 g/mol. The van der Waals surface area contributed by atoms with Crippen molar-refractivity contribution in [3.8, 4) is 0 Å². The van der Waals surface area contributed by atoms with E-state index < -0.39 is 5.97 Å². The maximum absolute atomic E-state index is 11.5. The van der Waals surface area contributed by atoms with Crippen LogP contribution in [0.25, 0.3) is 0 Å². The predicted octanol–water partition coefficient (Wildman–Crippen LogP) is 0.324. The first-order valence-electron chi connectivity index (χ1n) is 6.00. The second-order valence-corrected chi connectivity index (χ2v) is 4.73. The van der Waals surface area contributed by atoms with E-state index in [0.717, 1.165) is 26.1 Å². The van der Waals surface area contributed by atoms with E-state index in [1.54, 1.807) is 13.0 Å². The van der Waals surface area contributed by atoms with Gasteiger partial charge in [0.05, 0.1) is 0 Å². The lowest BCUT2D eigenvalue weighted by atomic mass is 10.1. The molecule has 5 nitrogen and oxygen atoms in total. The average Bonchev–Trinajstić information content (AvgIpc) is 2.67. The molecular formula is C12H18N2O3. The van der Waals surface area contributed by atoms with Crippen LogP contribution >= 0.6 is 0 Å². The molecule has 2 rings (SSSR count). The van der Waals surface area contributed by atoms with Gasteiger partial charge in [-0.25, -0.2) is 4.79 Å². The predicted molar refractivity (Wildman–Crippen MR) is 62.6 cm³/mol. The highest BCUT2D eigenvalue weighted by molar-refractivity contribution is 5.85. The summed E-state index contributed by atoms with van der Waals surface area (Å²) in [6.07, 6.45) is 3.36. The number of amides is 1. The number of hydrogen-bond donors (Lipinski definition) is 1. The molecule has 0 radical (unpaired) electrons. The van der Waals surface area contributed by atoms with Crippen LogP contribution in [0.2, 0.25) is 0 Å². The smallest absolute Gasteiger partial charge is 0.330 e. The van der Waals surface area contributed by atoms with E-state index in [2.05, 4.69) is 4.90 Å². The van der Waals surface area contributed by atoms with Gasteiger partial charge in [0.2, 0.25) is 5.91 Å². The largest absolute Gasteiger partial charge is 0.478 e. The third kappa shape index (κ3) is 2.66. The Morgan fingerprint density at radius 3 is 3.00 bits per heavy atom. The maximum Gasteiger partial charge on any atom is 0.330 e. The SMILES string of the molecule is CC(=CCN1CCN2C(=O)CCC2C1)C(=O)O. The van der Waals surface area contributed by atoms with Crippen molar-refractivity contribution >= 4 is 11.9 Å². The molecule has 0 spiro atoms. The van der Waals surface area contributed by atoms with Gasteiger partial charge in [0.25, 0.3) is 0 Å². The summed E-state index contributed by atoms with van der Waals surface area (Å²) in [5, 5.41) is 8.76. The molecule has 1 amide bonds. The minimum Gasteiger partial charge on any atom is -0.478 e. The molecule has 2 fully saturated rings. The molecule has 0 aromatic rings. The summed E-state index contributed by atoms with van der Waals surface area (Å²) in [5.41, 5.74) is 0.384. The first-order chi connectivity index (χ1) is 8.08. The third-order valence-electron chi connectivity index (χ3n) is 3.57. The van der Waals surface area contributed by atoms with Crippen molar-refractivity contribution in [2.45, 2.75) is 25.8 Å². The first kappa shape index (κ1) is 12.1. The summed E-state index contributed by atoms with van der Waals surface area (Å²) < 4.78 is 0. The number of hydrogen-bond acceptors (Lipinski definition) is 3. The number of carbonyl (C=O) groups is 2. The normalized spacial score (nSPS) is 26.2. The number of aliphatic carboxylic acids is 1. The van der Waals surface area contributed by atoms with E-state index >= 15 is 0 Å². The number of piperazine rings is 1. The average molecular weight is 238 g/mol. The molecule has 1 N–H and O–H groups in total. The van der Waals surface area contributed by atoms with Gasteiger partial charge in [-0.1, -0.05) is 6.08 Å². The number of carboxylic acids is 1. The van der Waals surface area contributed by atoms with Crippen LogP contribution in [-0.4, -0.2) is 59.0 Å². The Morgan fingerprint density at radius 2 is 2.29 bits per heavy atom. The van der Waals surface area contributed by atoms with E-state index in [1.807, 2.05) is 4.90 Å². The summed E-state index contributed by atoms with van der Waals surface area (Å²) in [5.74, 6) is -0.591. The van der Waals surface area contributed by atoms with Crippen LogP contribution in [0, 0.1) is 0 Å². The van der Waals surface area contributed by atoms with Crippen molar-refractivity contribution in [3.05, 3.63) is 11.6 Å². The summed E-state index contributed by atoms with van der Waals surface area (Å²) in [7, 11) is 0. The highest BCUT2D eigenvalue weighted by Gasteiger charge is 2.34. The Labute approximate surface area is 101 Å². The van der Waals surface area contributed by atoms with E-state index in [-0.39, 0.29) is 5.91 Å². The Balaban J connectivity index is 1.87. The zero-order valence-electron chi connectivity index (χ0n) is 10.1. The van der Waals surface area contributed by atoms with Crippen LogP contribution in [0.15, 0.2) is 11.6 Å². The molecule has 2 saturated heterocycles. The van der Waals surface area contributed by atoms with Crippen LogP contribution < -0.4 is 0 Å². The van der Waals surface area contributed by atoms with Crippen molar-refractivity contribution in [2.75, 3.05) is 26.2 Å². The van der Waals surface area contributed by atoms with Crippen LogP contribution in [0.1, 0.15) is 19.8 Å². The van der Waals surface area contributed by atoms with Gasteiger partial charge in [0.15, 0.2) is 0 Å². The topological polar surface area (TPSA) is 60.9 Å². The van der Waals surface area contributed by atoms with Gasteiger partial charge in [-0.05, 0) is 13.3 Å². The number of carboxylic acid groups (broad SMARTS) is 1. The minimum atomic E-state index is -0.861. The fraction of sp³-hybridized carbons (Fsp3) is 0.667. The molecule has 0 aromatic carbocycles. The highest BCUT2D eigenvalue weighted by atomic mass is 16.4. The molecule has 5 heteroatoms. The highest BCUT2D eigenvalue weighted by Crippen LogP contribution is 2.22. The molecule has 17 heavy (non-hydrogen) atoms. The fourth-order valence-electron chi connectivity index (χ4n) is 2.45. The second kappa shape index (κ2) is 4.87. The second-order valence-electron chi connectivity index (χ2n) is 4.73. The molecule has 2 aliphatic heterocycles. The zero-order valence-corrected chi connectivity index (χ0v) is 10.1. The molecule has 0 aromatic heterocycles. The molecule has 2 aliphatic rings. The maximum atomic E-state index is 11.5. The molecule has 1 atom stereocenters. The Bertz CT molecular complexity index is 365. The summed E-state index contributed by atoms with van der Waals surface area (Å²) in [4.78, 5) is 26.3. The number of nitrogens with zero attached hydrogens (tertiary/aromatic N) is 2. The van der Waals surface area contributed by atoms with Gasteiger partial charge in [0, 0.05) is 44.2 Å². The van der Waals surface area contributed by atoms with Crippen LogP contribution in [0.4, 0.5) is 0 Å². The summed E-state index contributed by atoms with van der Waals surface area (Å²) in [6.45, 7) is 4.76. The lowest BCUT2D eigenvalue weighted by molar-refractivity contribution is -0.132. The van der Waals surface area contributed by atoms with Crippen LogP contribution in [-0.2, 0) is 9.59 Å². The van der Waals surface area contributed by atoms with E-state index in [1.165, 1.54) is 0 Å². The van der Waals surface area contributed by atoms with Gasteiger partial charge in [0.1, 0.15) is 0 Å². The molecular weight excluding hydrogens is 220 g/mol. The molecule has 94 valence electrons. The van der Waals surface area contributed by atoms with E-state index in [4.69, 9.17) is 5.11 Å². The van der Waals surface area contributed by atoms with Crippen molar-refractivity contribution < 1.29 is 14.7 Å². The third-order valence-corrected chi connectivity index (χ3v) is 3.57. The number of carbonyl (C=O) groups excluding carboxylic acids is 1. The van der Waals surface area contributed by atoms with Gasteiger partial charge in [-0.2, -0.15) is 0 Å². The fourth-order valence-corrected chi connectivity index (χ4v) is 2.45. The van der Waals surface area contributed by atoms with Gasteiger partial charge >= 0.3 is 5.97 Å². The molecule has 0 aliphatic carbocycles. The Morgan fingerprint density at radius 1 is 1.53 bits per heavy atom. The summed E-state index contributed by atoms with van der Waals surface area (Å²) >= 11 is 0. The van der Waals surface area contributed by atoms with Crippen molar-refractivity contribution in [1.29, 1.82) is 0 Å². The molecule has 1 unspecified atom stereocenters. The van der Waals surface area contributed by atoms with Gasteiger partial charge in [-0.15, -0.1) is 0 Å². The van der Waals surface area contributed by atoms with Crippen molar-refractivity contribution in [2.24, 2.45) is 0 Å². The van der Waals surface area contributed by atoms with Crippen molar-refractivity contribution in [3.63, 3.8) is 0 Å². The van der Waals surface area contributed by atoms with Gasteiger partial charge < -0.3 is 10.0 Å². The van der Waals surface area contributed by atoms with Crippen LogP contribution in [0.3, 0.4) is 0 Å². The lowest BCUT2D eigenvalue weighted by Gasteiger charge is -2.37. The van der Waals surface area contributed by atoms with Crippen molar-refractivity contribution in [1.82, 2.24) is 9.80 Å². The van der Waals surface area contributed by atoms with Gasteiger partial charge in [-0.3, -0.25) is 9.69 Å². The zero-order chi connectivity index (χ0) is 12.4. The van der Waals surface area contributed by atoms with E-state index in [9.17, 15) is 9.59 Å². The Hall–Kier alpha value is -1.36. The quantitative estimate of drug-likeness (QED) is 0.719. The number of fused-ring (bicyclic) bond motifs is 1. The summed E-state index contributed by atoms with van der Waals surface area (Å²) in [6, 6.07) is 0.342. The van der Waals surface area contributed by atoms with Crippen LogP contribution in [0.5, 0.6) is 0 Å². The minimum absolute atomic E-state index is 0.270. The molecule has 2 heterocycles. The molecule has 0 saturated carbocycles. The number of rotatable bonds is 3. The van der Waals surface area contributed by atoms with E-state index in [0.29, 0.717) is 24.6 Å². The Kier molecular flexibility index (Phi) is 3.47. The lowest BCUT2D eigenvalue weighted by Crippen LogP contribution is -2.51. The molecule has 0 bridgehead atoms.